The van der Waals surface area contributed by atoms with Crippen molar-refractivity contribution < 1.29 is 9.59 Å². The van der Waals surface area contributed by atoms with Crippen molar-refractivity contribution in [2.24, 2.45) is 17.1 Å². The summed E-state index contributed by atoms with van der Waals surface area (Å²) in [7, 11) is 1.61. The number of nitrogens with one attached hydrogen (secondary N) is 2. The molecule has 0 saturated heterocycles. The zero-order valence-corrected chi connectivity index (χ0v) is 13.0. The van der Waals surface area contributed by atoms with E-state index in [1.54, 1.807) is 7.05 Å². The predicted octanol–water partition coefficient (Wildman–Crippen LogP) is 1.17. The third-order valence-electron chi connectivity index (χ3n) is 4.24. The molecule has 5 nitrogen and oxygen atoms in total. The first-order chi connectivity index (χ1) is 9.35. The van der Waals surface area contributed by atoms with Gasteiger partial charge in [-0.15, -0.1) is 0 Å². The molecule has 0 bridgehead atoms. The Bertz CT molecular complexity index is 334. The Kier molecular flexibility index (Phi) is 6.46. The van der Waals surface area contributed by atoms with Crippen LogP contribution in [0.5, 0.6) is 0 Å². The standard InChI is InChI=1S/C15H29N3O2/c1-15(2,14(20)17-3)10-18-13(19)9-6-11-4-7-12(16)8-5-11/h11-12H,4-10,16H2,1-3H3,(H,17,20)(H,18,19). The largest absolute Gasteiger partial charge is 0.359 e. The van der Waals surface area contributed by atoms with Crippen LogP contribution >= 0.6 is 0 Å². The van der Waals surface area contributed by atoms with Crippen LogP contribution in [0, 0.1) is 11.3 Å². The van der Waals surface area contributed by atoms with Crippen LogP contribution in [0.2, 0.25) is 0 Å². The molecule has 1 saturated carbocycles. The number of amides is 2. The van der Waals surface area contributed by atoms with E-state index in [-0.39, 0.29) is 11.8 Å². The molecule has 1 aliphatic rings. The molecule has 4 N–H and O–H groups in total. The molecular formula is C15H29N3O2. The molecule has 0 unspecified atom stereocenters. The quantitative estimate of drug-likeness (QED) is 0.684. The van der Waals surface area contributed by atoms with Crippen molar-refractivity contribution in [3.8, 4) is 0 Å². The van der Waals surface area contributed by atoms with Gasteiger partial charge in [-0.25, -0.2) is 0 Å². The number of rotatable bonds is 6. The molecule has 20 heavy (non-hydrogen) atoms. The van der Waals surface area contributed by atoms with Crippen LogP contribution in [-0.2, 0) is 9.59 Å². The first-order valence-electron chi connectivity index (χ1n) is 7.59. The average Bonchev–Trinajstić information content (AvgIpc) is 2.43. The van der Waals surface area contributed by atoms with Gasteiger partial charge in [0.25, 0.3) is 0 Å². The van der Waals surface area contributed by atoms with Gasteiger partial charge < -0.3 is 16.4 Å². The van der Waals surface area contributed by atoms with Crippen molar-refractivity contribution in [2.75, 3.05) is 13.6 Å². The SMILES string of the molecule is CNC(=O)C(C)(C)CNC(=O)CCC1CCC(N)CC1. The fraction of sp³-hybridized carbons (Fsp3) is 0.867. The molecule has 1 aliphatic carbocycles. The average molecular weight is 283 g/mol. The monoisotopic (exact) mass is 283 g/mol. The van der Waals surface area contributed by atoms with Crippen molar-refractivity contribution in [2.45, 2.75) is 58.4 Å². The molecule has 0 spiro atoms. The maximum absolute atomic E-state index is 11.8. The first-order valence-corrected chi connectivity index (χ1v) is 7.59. The van der Waals surface area contributed by atoms with Gasteiger partial charge in [0.2, 0.25) is 11.8 Å². The highest BCUT2D eigenvalue weighted by Gasteiger charge is 2.27. The van der Waals surface area contributed by atoms with Crippen molar-refractivity contribution >= 4 is 11.8 Å². The van der Waals surface area contributed by atoms with Gasteiger partial charge in [-0.2, -0.15) is 0 Å². The lowest BCUT2D eigenvalue weighted by atomic mass is 9.83. The van der Waals surface area contributed by atoms with E-state index < -0.39 is 5.41 Å². The number of nitrogens with two attached hydrogens (primary N) is 1. The Morgan fingerprint density at radius 2 is 1.80 bits per heavy atom. The third kappa shape index (κ3) is 5.49. The molecule has 1 fully saturated rings. The van der Waals surface area contributed by atoms with Gasteiger partial charge in [-0.1, -0.05) is 0 Å². The number of carbonyl (C=O) groups is 2. The summed E-state index contributed by atoms with van der Waals surface area (Å²) in [6, 6.07) is 0.355. The summed E-state index contributed by atoms with van der Waals surface area (Å²) in [6.07, 6.45) is 5.91. The molecule has 0 aromatic carbocycles. The summed E-state index contributed by atoms with van der Waals surface area (Å²) in [5.74, 6) is 0.614. The van der Waals surface area contributed by atoms with Crippen LogP contribution in [0.3, 0.4) is 0 Å². The normalized spacial score (nSPS) is 23.2. The lowest BCUT2D eigenvalue weighted by Crippen LogP contribution is -2.43. The third-order valence-corrected chi connectivity index (χ3v) is 4.24. The van der Waals surface area contributed by atoms with Crippen LogP contribution in [0.4, 0.5) is 0 Å². The highest BCUT2D eigenvalue weighted by molar-refractivity contribution is 5.83. The van der Waals surface area contributed by atoms with E-state index in [1.807, 2.05) is 13.8 Å². The lowest BCUT2D eigenvalue weighted by molar-refractivity contribution is -0.129. The summed E-state index contributed by atoms with van der Waals surface area (Å²) in [4.78, 5) is 23.4. The second-order valence-electron chi connectivity index (χ2n) is 6.56. The second kappa shape index (κ2) is 7.62. The van der Waals surface area contributed by atoms with Crippen LogP contribution in [0.15, 0.2) is 0 Å². The van der Waals surface area contributed by atoms with E-state index in [2.05, 4.69) is 10.6 Å². The van der Waals surface area contributed by atoms with Gasteiger partial charge in [0.15, 0.2) is 0 Å². The van der Waals surface area contributed by atoms with E-state index in [4.69, 9.17) is 5.73 Å². The van der Waals surface area contributed by atoms with Crippen LogP contribution in [0.25, 0.3) is 0 Å². The Labute approximate surface area is 122 Å². The van der Waals surface area contributed by atoms with E-state index in [1.165, 1.54) is 0 Å². The predicted molar refractivity (Wildman–Crippen MR) is 80.0 cm³/mol. The molecule has 0 aliphatic heterocycles. The highest BCUT2D eigenvalue weighted by Crippen LogP contribution is 2.26. The van der Waals surface area contributed by atoms with Crippen molar-refractivity contribution in [3.63, 3.8) is 0 Å². The first kappa shape index (κ1) is 17.0. The molecule has 2 amide bonds. The van der Waals surface area contributed by atoms with Crippen LogP contribution in [0.1, 0.15) is 52.4 Å². The van der Waals surface area contributed by atoms with Gasteiger partial charge in [0.1, 0.15) is 0 Å². The van der Waals surface area contributed by atoms with Crippen LogP contribution in [-0.4, -0.2) is 31.4 Å². The van der Waals surface area contributed by atoms with Gasteiger partial charge in [0.05, 0.1) is 5.41 Å². The topological polar surface area (TPSA) is 84.2 Å². The Balaban J connectivity index is 2.22. The fourth-order valence-electron chi connectivity index (χ4n) is 2.64. The summed E-state index contributed by atoms with van der Waals surface area (Å²) in [5.41, 5.74) is 5.31. The molecule has 0 heterocycles. The highest BCUT2D eigenvalue weighted by atomic mass is 16.2. The summed E-state index contributed by atoms with van der Waals surface area (Å²) in [5, 5.41) is 5.48. The van der Waals surface area contributed by atoms with E-state index in [0.717, 1.165) is 32.1 Å². The number of carbonyl (C=O) groups excluding carboxylic acids is 2. The minimum Gasteiger partial charge on any atom is -0.359 e. The van der Waals surface area contributed by atoms with Gasteiger partial charge in [0, 0.05) is 26.1 Å². The number of hydrogen-bond donors (Lipinski definition) is 3. The summed E-state index contributed by atoms with van der Waals surface area (Å²) in [6.45, 7) is 4.03. The lowest BCUT2D eigenvalue weighted by Gasteiger charge is -2.26. The number of hydrogen-bond acceptors (Lipinski definition) is 3. The summed E-state index contributed by atoms with van der Waals surface area (Å²) >= 11 is 0. The Hall–Kier alpha value is -1.10. The van der Waals surface area contributed by atoms with E-state index in [9.17, 15) is 9.59 Å². The second-order valence-corrected chi connectivity index (χ2v) is 6.56. The molecule has 1 rings (SSSR count). The minimum atomic E-state index is -0.567. The van der Waals surface area contributed by atoms with E-state index >= 15 is 0 Å². The Morgan fingerprint density at radius 3 is 2.35 bits per heavy atom. The molecule has 0 aromatic rings. The van der Waals surface area contributed by atoms with Crippen molar-refractivity contribution in [3.05, 3.63) is 0 Å². The molecule has 0 radical (unpaired) electrons. The van der Waals surface area contributed by atoms with Gasteiger partial charge in [-0.3, -0.25) is 9.59 Å². The Morgan fingerprint density at radius 1 is 1.20 bits per heavy atom. The zero-order valence-electron chi connectivity index (χ0n) is 13.0. The van der Waals surface area contributed by atoms with Gasteiger partial charge in [-0.05, 0) is 51.9 Å². The van der Waals surface area contributed by atoms with Crippen LogP contribution < -0.4 is 16.4 Å². The maximum Gasteiger partial charge on any atom is 0.227 e. The molecular weight excluding hydrogens is 254 g/mol. The maximum atomic E-state index is 11.8. The molecule has 0 atom stereocenters. The molecule has 0 aromatic heterocycles. The molecule has 116 valence electrons. The van der Waals surface area contributed by atoms with Crippen molar-refractivity contribution in [1.82, 2.24) is 10.6 Å². The van der Waals surface area contributed by atoms with Gasteiger partial charge >= 0.3 is 0 Å². The van der Waals surface area contributed by atoms with Crippen molar-refractivity contribution in [1.29, 1.82) is 0 Å². The summed E-state index contributed by atoms with van der Waals surface area (Å²) < 4.78 is 0. The van der Waals surface area contributed by atoms with E-state index in [0.29, 0.717) is 24.9 Å². The fourth-order valence-corrected chi connectivity index (χ4v) is 2.64. The zero-order chi connectivity index (χ0) is 15.2. The minimum absolute atomic E-state index is 0.0388. The smallest absolute Gasteiger partial charge is 0.227 e. The molecule has 5 heteroatoms.